The van der Waals surface area contributed by atoms with Crippen LogP contribution in [0.5, 0.6) is 35.0 Å². The number of fused-ring (bicyclic) bond motifs is 5. The Hall–Kier alpha value is -11.9. The Morgan fingerprint density at radius 2 is 0.896 bits per heavy atom. The molecule has 7 fully saturated rings. The van der Waals surface area contributed by atoms with Crippen LogP contribution in [0.1, 0.15) is 161 Å². The van der Waals surface area contributed by atoms with Crippen LogP contribution in [-0.4, -0.2) is 168 Å². The third-order valence-electron chi connectivity index (χ3n) is 25.8. The third-order valence-corrected chi connectivity index (χ3v) is 27.7. The number of pyridine rings is 4. The van der Waals surface area contributed by atoms with Crippen LogP contribution in [0.2, 0.25) is 0 Å². The SMILES string of the molecule is COc1cc(-c2cc3nn(C)cc3c(O[C@H](C)[C@H]3CCC(=O)C3)n2)ccc1OC1CCCCC1.C[C@@H](Oc1nc(-c2ccc3ccn(C)c3c2)cc2nn(C)cc12)[C@H]1CCC(=O)C1.C[C@@H](Oc1nc(-c2cnn([C@@H]3CCOC3)c2)cc2nn(C)cc12)[C@H]1CCC(=O)C1.Cc1cc(-c2cc3nn(C)cc3c(O[C@H](C)[C@H]3CCC(=O)C3)n2)ccc1N1CCCS1(=O)=O. The van der Waals surface area contributed by atoms with Crippen molar-refractivity contribution >= 4 is 93.4 Å². The number of aromatic nitrogens is 15. The van der Waals surface area contributed by atoms with E-state index >= 15 is 0 Å². The fourth-order valence-corrected chi connectivity index (χ4v) is 20.2. The van der Waals surface area contributed by atoms with Crippen LogP contribution in [0.25, 0.3) is 99.5 Å². The zero-order valence-corrected chi connectivity index (χ0v) is 73.8. The number of benzene rings is 3. The van der Waals surface area contributed by atoms with Crippen LogP contribution in [0, 0.1) is 30.6 Å². The highest BCUT2D eigenvalue weighted by molar-refractivity contribution is 7.93. The van der Waals surface area contributed by atoms with Crippen molar-refractivity contribution in [2.75, 3.05) is 36.9 Å². The molecule has 5 saturated carbocycles. The lowest BCUT2D eigenvalue weighted by molar-refractivity contribution is -0.118. The van der Waals surface area contributed by atoms with Crippen LogP contribution in [0.3, 0.4) is 0 Å². The molecule has 0 unspecified atom stereocenters. The van der Waals surface area contributed by atoms with E-state index in [0.29, 0.717) is 135 Å². The molecule has 654 valence electrons. The van der Waals surface area contributed by atoms with Crippen molar-refractivity contribution in [2.24, 2.45) is 58.9 Å². The number of hydrogen-bond acceptors (Lipinski definition) is 22. The average Bonchev–Trinajstić information content (AvgIpc) is 1.70. The van der Waals surface area contributed by atoms with Crippen molar-refractivity contribution in [3.05, 3.63) is 134 Å². The zero-order chi connectivity index (χ0) is 87.1. The summed E-state index contributed by atoms with van der Waals surface area (Å²) in [5.41, 5.74) is 12.9. The van der Waals surface area contributed by atoms with Gasteiger partial charge in [0.2, 0.25) is 33.5 Å². The standard InChI is InChI=1S/C27H33N3O4.C24H28N4O4S.C23H24N4O2.C21H25N5O3/c1-17(18-9-11-20(31)13-18)33-27-22-16-30(2)29-24(22)15-23(28-27)19-10-12-25(26(14-19)32-3)34-21-7-5-4-6-8-21;1-15-11-18(6-8-23(15)28-9-4-10-33(28,30)31)21-13-22-20(14-27(3)26-22)24(25-21)32-16(2)17-5-7-19(29)12-17;1-14(16-6-7-18(28)10-16)29-23-19-13-27(3)25-21(19)12-20(24-23)17-5-4-15-8-9-26(2)22(15)11-17;1-13(14-3-4-17(27)7-14)29-21-18-11-25(2)24-20(18)8-19(23-21)15-9-22-26(10-15)16-5-6-28-12-16/h10,12,14-18,21H,4-9,11,13H2,1-3H3;6,8,11,13-14,16-17H,4-5,7,9-10,12H2,1-3H3;4-5,8-9,11-14,16H,6-7,10H2,1-3H3;8-11,13-14,16H,3-7,12H2,1-2H3/t17-,18+;16-,17+;14-,16+;13-,14+,16-/m1111/s1. The van der Waals surface area contributed by atoms with E-state index in [1.54, 1.807) is 25.8 Å². The molecule has 3 aromatic carbocycles. The molecule has 0 N–H and O–H groups in total. The summed E-state index contributed by atoms with van der Waals surface area (Å²) in [6.07, 6.45) is 29.4. The van der Waals surface area contributed by atoms with Gasteiger partial charge in [0.05, 0.1) is 110 Å². The van der Waals surface area contributed by atoms with E-state index in [9.17, 15) is 27.6 Å². The molecule has 29 nitrogen and oxygen atoms in total. The summed E-state index contributed by atoms with van der Waals surface area (Å²) in [6, 6.07) is 28.3. The number of ether oxygens (including phenoxy) is 7. The number of hydrogen-bond donors (Lipinski definition) is 0. The third kappa shape index (κ3) is 19.0. The fraction of sp³-hybridized carbons (Fsp3) is 0.463. The lowest BCUT2D eigenvalue weighted by Gasteiger charge is -2.24. The Morgan fingerprint density at radius 1 is 0.464 bits per heavy atom. The summed E-state index contributed by atoms with van der Waals surface area (Å²) in [7, 11) is 8.01. The molecule has 10 aromatic heterocycles. The first-order valence-corrected chi connectivity index (χ1v) is 45.6. The van der Waals surface area contributed by atoms with Crippen molar-refractivity contribution < 1.29 is 60.8 Å². The van der Waals surface area contributed by atoms with Crippen molar-refractivity contribution in [3.63, 3.8) is 0 Å². The Morgan fingerprint density at radius 3 is 1.30 bits per heavy atom. The minimum atomic E-state index is -3.24. The van der Waals surface area contributed by atoms with Crippen molar-refractivity contribution in [1.82, 2.24) is 73.4 Å². The zero-order valence-electron chi connectivity index (χ0n) is 73.0. The van der Waals surface area contributed by atoms with Crippen LogP contribution in [-0.2, 0) is 69.2 Å². The van der Waals surface area contributed by atoms with Crippen LogP contribution >= 0.6 is 0 Å². The molecular weight excluding hydrogens is 1610 g/mol. The molecule has 0 bridgehead atoms. The first-order chi connectivity index (χ1) is 60.2. The Kier molecular flexibility index (Phi) is 24.8. The monoisotopic (exact) mass is 1710 g/mol. The highest BCUT2D eigenvalue weighted by Gasteiger charge is 2.36. The molecule has 9 atom stereocenters. The molecule has 2 aliphatic heterocycles. The van der Waals surface area contributed by atoms with Crippen LogP contribution in [0.4, 0.5) is 5.69 Å². The number of Topliss-reactive ketones (excluding diaryl/α,β-unsaturated/α-hetero) is 4. The largest absolute Gasteiger partial charge is 0.493 e. The Balaban J connectivity index is 0.000000118. The molecule has 13 aromatic rings. The summed E-state index contributed by atoms with van der Waals surface area (Å²) in [5, 5.41) is 27.5. The Labute approximate surface area is 726 Å². The predicted octanol–water partition coefficient (Wildman–Crippen LogP) is 16.3. The minimum absolute atomic E-state index is 0.0667. The number of rotatable bonds is 21. The second kappa shape index (κ2) is 36.3. The van der Waals surface area contributed by atoms with Gasteiger partial charge in [-0.25, -0.2) is 28.4 Å². The van der Waals surface area contributed by atoms with E-state index in [-0.39, 0.29) is 66.0 Å². The van der Waals surface area contributed by atoms with E-state index in [4.69, 9.17) is 53.1 Å². The molecule has 20 rings (SSSR count). The van der Waals surface area contributed by atoms with E-state index < -0.39 is 10.0 Å². The number of ketones is 4. The van der Waals surface area contributed by atoms with Gasteiger partial charge in [-0.2, -0.15) is 25.5 Å². The van der Waals surface area contributed by atoms with Crippen molar-refractivity contribution in [3.8, 4) is 80.0 Å². The quantitative estimate of drug-likeness (QED) is 0.0645. The molecule has 0 radical (unpaired) electrons. The van der Waals surface area contributed by atoms with E-state index in [1.807, 2.05) is 172 Å². The van der Waals surface area contributed by atoms with Gasteiger partial charge in [0.1, 0.15) is 47.5 Å². The van der Waals surface area contributed by atoms with Gasteiger partial charge in [0, 0.05) is 188 Å². The molecule has 12 heterocycles. The maximum absolute atomic E-state index is 12.4. The number of anilines is 1. The molecule has 125 heavy (non-hydrogen) atoms. The lowest BCUT2D eigenvalue weighted by atomic mass is 9.98. The lowest BCUT2D eigenvalue weighted by Crippen LogP contribution is -2.25. The smallest absolute Gasteiger partial charge is 0.235 e. The number of carbonyl (C=O) groups excluding carboxylic acids is 4. The molecular formula is C95H110N16O13S. The van der Waals surface area contributed by atoms with Crippen LogP contribution in [0.15, 0.2) is 128 Å². The number of aryl methyl sites for hydroxylation is 6. The molecule has 30 heteroatoms. The first-order valence-electron chi connectivity index (χ1n) is 44.0. The normalized spacial score (nSPS) is 20.6. The van der Waals surface area contributed by atoms with Gasteiger partial charge in [0.25, 0.3) is 0 Å². The number of carbonyl (C=O) groups is 4. The first kappa shape index (κ1) is 85.3. The van der Waals surface area contributed by atoms with E-state index in [2.05, 4.69) is 60.5 Å². The minimum Gasteiger partial charge on any atom is -0.493 e. The van der Waals surface area contributed by atoms with Gasteiger partial charge in [-0.15, -0.1) is 0 Å². The predicted molar refractivity (Wildman–Crippen MR) is 477 cm³/mol. The maximum atomic E-state index is 12.4. The molecule has 2 saturated heterocycles. The summed E-state index contributed by atoms with van der Waals surface area (Å²) < 4.78 is 80.0. The van der Waals surface area contributed by atoms with Gasteiger partial charge < -0.3 is 37.7 Å². The maximum Gasteiger partial charge on any atom is 0.235 e. The topological polar surface area (TPSA) is 316 Å². The number of sulfonamides is 1. The summed E-state index contributed by atoms with van der Waals surface area (Å²) in [4.78, 5) is 66.2. The average molecular weight is 1720 g/mol. The van der Waals surface area contributed by atoms with Gasteiger partial charge in [-0.05, 0) is 177 Å². The van der Waals surface area contributed by atoms with E-state index in [1.165, 1.54) is 29.0 Å². The summed E-state index contributed by atoms with van der Waals surface area (Å²) in [6.45, 7) is 12.0. The summed E-state index contributed by atoms with van der Waals surface area (Å²) >= 11 is 0. The Bertz CT molecular complexity index is 6330. The fourth-order valence-electron chi connectivity index (χ4n) is 18.6. The van der Waals surface area contributed by atoms with Gasteiger partial charge in [-0.1, -0.05) is 24.6 Å². The van der Waals surface area contributed by atoms with Crippen molar-refractivity contribution in [1.29, 1.82) is 0 Å². The number of methoxy groups -OCH3 is 1. The highest BCUT2D eigenvalue weighted by Crippen LogP contribution is 2.42. The molecule has 0 amide bonds. The van der Waals surface area contributed by atoms with E-state index in [0.717, 1.165) is 151 Å². The second-order valence-corrected chi connectivity index (χ2v) is 37.1. The number of nitrogens with zero attached hydrogens (tertiary/aromatic N) is 16. The second-order valence-electron chi connectivity index (χ2n) is 35.1. The van der Waals surface area contributed by atoms with Gasteiger partial charge in [0.15, 0.2) is 11.5 Å². The molecule has 7 aliphatic rings. The van der Waals surface area contributed by atoms with Gasteiger partial charge >= 0.3 is 0 Å². The summed E-state index contributed by atoms with van der Waals surface area (Å²) in [5.74, 6) is 6.03. The molecule has 0 spiro atoms. The highest BCUT2D eigenvalue weighted by atomic mass is 32.2. The van der Waals surface area contributed by atoms with Gasteiger partial charge in [-0.3, -0.25) is 46.9 Å². The van der Waals surface area contributed by atoms with Crippen molar-refractivity contribution in [2.45, 2.75) is 193 Å². The van der Waals surface area contributed by atoms with Crippen LogP contribution < -0.4 is 32.7 Å². The molecule has 5 aliphatic carbocycles.